The van der Waals surface area contributed by atoms with Gasteiger partial charge in [0.25, 0.3) is 0 Å². The van der Waals surface area contributed by atoms with Crippen molar-refractivity contribution < 1.29 is 9.84 Å². The minimum Gasteiger partial charge on any atom is -0.386 e. The van der Waals surface area contributed by atoms with Crippen LogP contribution in [-0.4, -0.2) is 37.0 Å². The first-order valence-electron chi connectivity index (χ1n) is 3.22. The number of rotatable bonds is 0. The molecule has 0 amide bonds. The summed E-state index contributed by atoms with van der Waals surface area (Å²) >= 11 is 0. The average Bonchev–Trinajstić information content (AvgIpc) is 1.92. The molecule has 1 atom stereocenters. The molecule has 0 aromatic rings. The lowest BCUT2D eigenvalue weighted by molar-refractivity contribution is -0.0136. The standard InChI is InChI=1S/C6H13NO2/c1-6(8)4-7-2-3-9-5-6/h7-8H,2-5H2,1H3. The Labute approximate surface area is 55.0 Å². The predicted octanol–water partition coefficient (Wildman–Crippen LogP) is -0.643. The van der Waals surface area contributed by atoms with Crippen LogP contribution in [0.3, 0.4) is 0 Å². The SMILES string of the molecule is CC1(O)CNCCOC1. The van der Waals surface area contributed by atoms with Crippen molar-refractivity contribution in [2.75, 3.05) is 26.3 Å². The number of aliphatic hydroxyl groups is 1. The van der Waals surface area contributed by atoms with Gasteiger partial charge in [-0.2, -0.15) is 0 Å². The predicted molar refractivity (Wildman–Crippen MR) is 34.3 cm³/mol. The average molecular weight is 131 g/mol. The molecule has 0 bridgehead atoms. The number of β-amino-alcohol motifs (C(OH)–C–C–N with tert-alkyl or cyclic N) is 1. The molecule has 0 radical (unpaired) electrons. The summed E-state index contributed by atoms with van der Waals surface area (Å²) in [7, 11) is 0. The Bertz CT molecular complexity index is 83.1. The summed E-state index contributed by atoms with van der Waals surface area (Å²) in [5, 5.41) is 12.4. The van der Waals surface area contributed by atoms with Crippen LogP contribution in [-0.2, 0) is 4.74 Å². The van der Waals surface area contributed by atoms with E-state index < -0.39 is 5.60 Å². The van der Waals surface area contributed by atoms with Crippen LogP contribution in [0.1, 0.15) is 6.92 Å². The highest BCUT2D eigenvalue weighted by Gasteiger charge is 2.21. The van der Waals surface area contributed by atoms with Crippen molar-refractivity contribution in [1.82, 2.24) is 5.32 Å². The second-order valence-corrected chi connectivity index (χ2v) is 2.73. The van der Waals surface area contributed by atoms with E-state index in [9.17, 15) is 5.11 Å². The van der Waals surface area contributed by atoms with E-state index in [1.54, 1.807) is 6.92 Å². The number of hydrogen-bond acceptors (Lipinski definition) is 3. The molecular weight excluding hydrogens is 118 g/mol. The lowest BCUT2D eigenvalue weighted by Gasteiger charge is -2.18. The lowest BCUT2D eigenvalue weighted by Crippen LogP contribution is -2.38. The molecule has 0 aromatic heterocycles. The van der Waals surface area contributed by atoms with Gasteiger partial charge in [-0.15, -0.1) is 0 Å². The van der Waals surface area contributed by atoms with Gasteiger partial charge in [-0.3, -0.25) is 0 Å². The Hall–Kier alpha value is -0.120. The molecule has 3 nitrogen and oxygen atoms in total. The summed E-state index contributed by atoms with van der Waals surface area (Å²) in [5.41, 5.74) is -0.670. The van der Waals surface area contributed by atoms with E-state index >= 15 is 0 Å². The maximum Gasteiger partial charge on any atom is 0.0975 e. The summed E-state index contributed by atoms with van der Waals surface area (Å²) in [6, 6.07) is 0. The Morgan fingerprint density at radius 3 is 3.22 bits per heavy atom. The molecule has 1 unspecified atom stereocenters. The highest BCUT2D eigenvalue weighted by molar-refractivity contribution is 4.76. The molecule has 0 aliphatic carbocycles. The van der Waals surface area contributed by atoms with Crippen molar-refractivity contribution in [3.8, 4) is 0 Å². The van der Waals surface area contributed by atoms with Crippen LogP contribution in [0.4, 0.5) is 0 Å². The van der Waals surface area contributed by atoms with E-state index in [1.165, 1.54) is 0 Å². The van der Waals surface area contributed by atoms with Crippen LogP contribution in [0.15, 0.2) is 0 Å². The monoisotopic (exact) mass is 131 g/mol. The van der Waals surface area contributed by atoms with Crippen LogP contribution in [0.2, 0.25) is 0 Å². The third-order valence-electron chi connectivity index (χ3n) is 1.34. The molecule has 0 aromatic carbocycles. The lowest BCUT2D eigenvalue weighted by atomic mass is 10.1. The zero-order valence-electron chi connectivity index (χ0n) is 5.68. The highest BCUT2D eigenvalue weighted by Crippen LogP contribution is 2.03. The van der Waals surface area contributed by atoms with Crippen LogP contribution in [0.25, 0.3) is 0 Å². The largest absolute Gasteiger partial charge is 0.386 e. The molecule has 54 valence electrons. The van der Waals surface area contributed by atoms with E-state index in [2.05, 4.69) is 5.32 Å². The van der Waals surface area contributed by atoms with Gasteiger partial charge in [-0.05, 0) is 6.92 Å². The zero-order chi connectivity index (χ0) is 6.74. The molecule has 9 heavy (non-hydrogen) atoms. The number of nitrogens with one attached hydrogen (secondary N) is 1. The smallest absolute Gasteiger partial charge is 0.0975 e. The first kappa shape index (κ1) is 6.99. The maximum atomic E-state index is 9.37. The van der Waals surface area contributed by atoms with Gasteiger partial charge in [0.15, 0.2) is 0 Å². The van der Waals surface area contributed by atoms with E-state index in [-0.39, 0.29) is 0 Å². The quantitative estimate of drug-likeness (QED) is 0.459. The highest BCUT2D eigenvalue weighted by atomic mass is 16.5. The summed E-state index contributed by atoms with van der Waals surface area (Å²) in [6.07, 6.45) is 0. The Morgan fingerprint density at radius 1 is 1.67 bits per heavy atom. The van der Waals surface area contributed by atoms with Gasteiger partial charge in [0, 0.05) is 13.1 Å². The van der Waals surface area contributed by atoms with E-state index in [1.807, 2.05) is 0 Å². The minimum atomic E-state index is -0.670. The molecule has 1 aliphatic heterocycles. The number of hydrogen-bond donors (Lipinski definition) is 2. The number of ether oxygens (including phenoxy) is 1. The van der Waals surface area contributed by atoms with Crippen molar-refractivity contribution >= 4 is 0 Å². The van der Waals surface area contributed by atoms with Gasteiger partial charge in [0.05, 0.1) is 18.8 Å². The summed E-state index contributed by atoms with van der Waals surface area (Å²) in [6.45, 7) is 4.39. The van der Waals surface area contributed by atoms with Gasteiger partial charge >= 0.3 is 0 Å². The van der Waals surface area contributed by atoms with Crippen LogP contribution >= 0.6 is 0 Å². The fourth-order valence-electron chi connectivity index (χ4n) is 0.845. The first-order valence-corrected chi connectivity index (χ1v) is 3.22. The zero-order valence-corrected chi connectivity index (χ0v) is 5.68. The molecule has 1 heterocycles. The normalized spacial score (nSPS) is 38.0. The summed E-state index contributed by atoms with van der Waals surface area (Å²) in [5.74, 6) is 0. The van der Waals surface area contributed by atoms with Crippen molar-refractivity contribution in [3.05, 3.63) is 0 Å². The maximum absolute atomic E-state index is 9.37. The molecule has 0 spiro atoms. The van der Waals surface area contributed by atoms with Crippen molar-refractivity contribution in [1.29, 1.82) is 0 Å². The fourth-order valence-corrected chi connectivity index (χ4v) is 0.845. The molecule has 1 fully saturated rings. The van der Waals surface area contributed by atoms with Crippen LogP contribution in [0, 0.1) is 0 Å². The fraction of sp³-hybridized carbons (Fsp3) is 1.00. The van der Waals surface area contributed by atoms with E-state index in [0.717, 1.165) is 6.54 Å². The Morgan fingerprint density at radius 2 is 2.44 bits per heavy atom. The van der Waals surface area contributed by atoms with Gasteiger partial charge < -0.3 is 15.2 Å². The van der Waals surface area contributed by atoms with Crippen LogP contribution < -0.4 is 5.32 Å². The molecule has 0 saturated carbocycles. The van der Waals surface area contributed by atoms with Crippen LogP contribution in [0.5, 0.6) is 0 Å². The molecular formula is C6H13NO2. The van der Waals surface area contributed by atoms with E-state index in [4.69, 9.17) is 4.74 Å². The third kappa shape index (κ3) is 2.30. The Balaban J connectivity index is 2.36. The van der Waals surface area contributed by atoms with Crippen molar-refractivity contribution in [2.45, 2.75) is 12.5 Å². The molecule has 2 N–H and O–H groups in total. The second-order valence-electron chi connectivity index (χ2n) is 2.73. The van der Waals surface area contributed by atoms with Gasteiger partial charge in [0.2, 0.25) is 0 Å². The molecule has 1 saturated heterocycles. The summed E-state index contributed by atoms with van der Waals surface area (Å²) in [4.78, 5) is 0. The Kier molecular flexibility index (Phi) is 2.05. The summed E-state index contributed by atoms with van der Waals surface area (Å²) < 4.78 is 5.10. The minimum absolute atomic E-state index is 0.444. The van der Waals surface area contributed by atoms with Gasteiger partial charge in [-0.1, -0.05) is 0 Å². The van der Waals surface area contributed by atoms with Gasteiger partial charge in [-0.25, -0.2) is 0 Å². The van der Waals surface area contributed by atoms with Crippen molar-refractivity contribution in [3.63, 3.8) is 0 Å². The first-order chi connectivity index (χ1) is 4.21. The van der Waals surface area contributed by atoms with E-state index in [0.29, 0.717) is 19.8 Å². The molecule has 1 aliphatic rings. The van der Waals surface area contributed by atoms with Crippen molar-refractivity contribution in [2.24, 2.45) is 0 Å². The second kappa shape index (κ2) is 2.64. The molecule has 1 rings (SSSR count). The molecule has 3 heteroatoms. The topological polar surface area (TPSA) is 41.5 Å². The van der Waals surface area contributed by atoms with Gasteiger partial charge in [0.1, 0.15) is 0 Å². The third-order valence-corrected chi connectivity index (χ3v) is 1.34.